The van der Waals surface area contributed by atoms with Crippen LogP contribution in [0.15, 0.2) is 36.5 Å². The van der Waals surface area contributed by atoms with Gasteiger partial charge in [0, 0.05) is 22.0 Å². The molecule has 0 unspecified atom stereocenters. The van der Waals surface area contributed by atoms with Gasteiger partial charge in [-0.2, -0.15) is 0 Å². The number of carbonyl (C=O) groups excluding carboxylic acids is 1. The Morgan fingerprint density at radius 1 is 1.14 bits per heavy atom. The number of anilines is 1. The number of hydrogen-bond acceptors (Lipinski definition) is 4. The molecule has 22 heavy (non-hydrogen) atoms. The summed E-state index contributed by atoms with van der Waals surface area (Å²) in [5.41, 5.74) is 2.62. The summed E-state index contributed by atoms with van der Waals surface area (Å²) in [5, 5.41) is 4.52. The second kappa shape index (κ2) is 5.50. The summed E-state index contributed by atoms with van der Waals surface area (Å²) < 4.78 is 0. The van der Waals surface area contributed by atoms with Crippen LogP contribution in [0, 0.1) is 0 Å². The number of benzene rings is 1. The van der Waals surface area contributed by atoms with Gasteiger partial charge in [-0.3, -0.25) is 15.1 Å². The van der Waals surface area contributed by atoms with E-state index in [0.717, 1.165) is 29.4 Å². The molecule has 4 rings (SSSR count). The Kier molecular flexibility index (Phi) is 3.35. The lowest BCUT2D eigenvalue weighted by Crippen LogP contribution is -2.12. The lowest BCUT2D eigenvalue weighted by Gasteiger charge is -2.06. The van der Waals surface area contributed by atoms with Gasteiger partial charge in [0.1, 0.15) is 0 Å². The fourth-order valence-corrected chi connectivity index (χ4v) is 3.92. The summed E-state index contributed by atoms with van der Waals surface area (Å²) in [4.78, 5) is 22.7. The number of aryl methyl sites for hydroxylation is 2. The van der Waals surface area contributed by atoms with Crippen LogP contribution in [0.5, 0.6) is 0 Å². The van der Waals surface area contributed by atoms with Gasteiger partial charge in [-0.05, 0) is 43.9 Å². The summed E-state index contributed by atoms with van der Waals surface area (Å²) in [5.74, 6) is -0.121. The first-order valence-corrected chi connectivity index (χ1v) is 8.26. The molecule has 4 nitrogen and oxygen atoms in total. The first kappa shape index (κ1) is 13.4. The molecule has 1 aromatic carbocycles. The number of hydrogen-bond donors (Lipinski definition) is 1. The van der Waals surface area contributed by atoms with Crippen molar-refractivity contribution in [3.8, 4) is 0 Å². The van der Waals surface area contributed by atoms with E-state index >= 15 is 0 Å². The lowest BCUT2D eigenvalue weighted by atomic mass is 10.0. The Hall–Kier alpha value is -2.27. The van der Waals surface area contributed by atoms with Gasteiger partial charge >= 0.3 is 0 Å². The minimum absolute atomic E-state index is 0.121. The van der Waals surface area contributed by atoms with Crippen LogP contribution in [0.1, 0.15) is 33.8 Å². The molecule has 2 aromatic heterocycles. The van der Waals surface area contributed by atoms with Crippen LogP contribution < -0.4 is 5.32 Å². The zero-order valence-electron chi connectivity index (χ0n) is 12.0. The highest BCUT2D eigenvalue weighted by Crippen LogP contribution is 2.30. The zero-order valence-corrected chi connectivity index (χ0v) is 12.8. The van der Waals surface area contributed by atoms with Gasteiger partial charge in [-0.25, -0.2) is 4.98 Å². The quantitative estimate of drug-likeness (QED) is 0.783. The van der Waals surface area contributed by atoms with Crippen molar-refractivity contribution in [2.75, 3.05) is 5.32 Å². The molecule has 1 amide bonds. The van der Waals surface area contributed by atoms with Crippen molar-refractivity contribution < 1.29 is 4.79 Å². The average Bonchev–Trinajstić information content (AvgIpc) is 2.96. The molecule has 0 saturated heterocycles. The van der Waals surface area contributed by atoms with Crippen LogP contribution in [-0.2, 0) is 12.8 Å². The van der Waals surface area contributed by atoms with E-state index in [1.54, 1.807) is 17.5 Å². The first-order chi connectivity index (χ1) is 10.8. The van der Waals surface area contributed by atoms with Crippen LogP contribution >= 0.6 is 11.3 Å². The highest BCUT2D eigenvalue weighted by atomic mass is 32.1. The second-order valence-electron chi connectivity index (χ2n) is 5.43. The number of nitrogens with zero attached hydrogens (tertiary/aromatic N) is 2. The minimum atomic E-state index is -0.121. The van der Waals surface area contributed by atoms with Crippen molar-refractivity contribution >= 4 is 33.3 Å². The van der Waals surface area contributed by atoms with E-state index < -0.39 is 0 Å². The number of thiazole rings is 1. The highest BCUT2D eigenvalue weighted by Gasteiger charge is 2.17. The maximum absolute atomic E-state index is 12.6. The monoisotopic (exact) mass is 309 g/mol. The molecule has 1 N–H and O–H groups in total. The third kappa shape index (κ3) is 2.37. The third-order valence-corrected chi connectivity index (χ3v) is 5.03. The molecule has 0 bridgehead atoms. The fourth-order valence-electron chi connectivity index (χ4n) is 2.87. The van der Waals surface area contributed by atoms with E-state index in [4.69, 9.17) is 0 Å². The molecule has 0 saturated carbocycles. The Morgan fingerprint density at radius 2 is 2.05 bits per heavy atom. The molecule has 110 valence electrons. The molecule has 0 atom stereocenters. The van der Waals surface area contributed by atoms with E-state index in [9.17, 15) is 4.79 Å². The number of fused-ring (bicyclic) bond motifs is 2. The molecular formula is C17H15N3OS. The minimum Gasteiger partial charge on any atom is -0.298 e. The lowest BCUT2D eigenvalue weighted by molar-refractivity contribution is 0.102. The Balaban J connectivity index is 1.65. The van der Waals surface area contributed by atoms with E-state index in [2.05, 4.69) is 15.3 Å². The summed E-state index contributed by atoms with van der Waals surface area (Å²) >= 11 is 1.61. The smallest absolute Gasteiger partial charge is 0.258 e. The topological polar surface area (TPSA) is 54.9 Å². The average molecular weight is 309 g/mol. The van der Waals surface area contributed by atoms with Gasteiger partial charge in [0.05, 0.1) is 11.2 Å². The summed E-state index contributed by atoms with van der Waals surface area (Å²) in [6, 6.07) is 9.36. The molecule has 2 heterocycles. The standard InChI is InChI=1S/C17H15N3OS/c21-16(12-5-3-8-13-11(12)6-4-10-18-13)20-17-19-14-7-1-2-9-15(14)22-17/h3-6,8,10H,1-2,7,9H2,(H,19,20,21). The first-order valence-electron chi connectivity index (χ1n) is 7.45. The summed E-state index contributed by atoms with van der Waals surface area (Å²) in [7, 11) is 0. The van der Waals surface area contributed by atoms with Gasteiger partial charge in [0.2, 0.25) is 0 Å². The maximum atomic E-state index is 12.6. The molecule has 0 aliphatic heterocycles. The largest absolute Gasteiger partial charge is 0.298 e. The van der Waals surface area contributed by atoms with Crippen molar-refractivity contribution in [3.05, 3.63) is 52.7 Å². The van der Waals surface area contributed by atoms with Gasteiger partial charge in [0.15, 0.2) is 5.13 Å². The van der Waals surface area contributed by atoms with E-state index in [1.807, 2.05) is 30.3 Å². The van der Waals surface area contributed by atoms with Crippen LogP contribution in [0.2, 0.25) is 0 Å². The Bertz CT molecular complexity index is 827. The molecule has 3 aromatic rings. The number of rotatable bonds is 2. The van der Waals surface area contributed by atoms with Crippen molar-refractivity contribution in [1.29, 1.82) is 0 Å². The molecule has 1 aliphatic rings. The summed E-state index contributed by atoms with van der Waals surface area (Å²) in [6.07, 6.45) is 6.26. The molecule has 0 spiro atoms. The number of amides is 1. The van der Waals surface area contributed by atoms with Crippen molar-refractivity contribution in [2.24, 2.45) is 0 Å². The van der Waals surface area contributed by atoms with Crippen LogP contribution in [0.3, 0.4) is 0 Å². The predicted molar refractivity (Wildman–Crippen MR) is 88.5 cm³/mol. The van der Waals surface area contributed by atoms with E-state index in [1.165, 1.54) is 17.7 Å². The van der Waals surface area contributed by atoms with E-state index in [-0.39, 0.29) is 5.91 Å². The predicted octanol–water partition coefficient (Wildman–Crippen LogP) is 3.82. The molecule has 0 fully saturated rings. The molecule has 5 heteroatoms. The van der Waals surface area contributed by atoms with Crippen LogP contribution in [0.4, 0.5) is 5.13 Å². The SMILES string of the molecule is O=C(Nc1nc2c(s1)CCCC2)c1cccc2ncccc12. The van der Waals surface area contributed by atoms with E-state index in [0.29, 0.717) is 10.7 Å². The van der Waals surface area contributed by atoms with Gasteiger partial charge in [0.25, 0.3) is 5.91 Å². The number of aromatic nitrogens is 2. The highest BCUT2D eigenvalue weighted by molar-refractivity contribution is 7.15. The zero-order chi connectivity index (χ0) is 14.9. The fraction of sp³-hybridized carbons (Fsp3) is 0.235. The molecular weight excluding hydrogens is 294 g/mol. The van der Waals surface area contributed by atoms with Crippen LogP contribution in [-0.4, -0.2) is 15.9 Å². The van der Waals surface area contributed by atoms with Crippen molar-refractivity contribution in [2.45, 2.75) is 25.7 Å². The van der Waals surface area contributed by atoms with Crippen molar-refractivity contribution in [1.82, 2.24) is 9.97 Å². The van der Waals surface area contributed by atoms with Gasteiger partial charge in [-0.1, -0.05) is 12.1 Å². The molecule has 1 aliphatic carbocycles. The molecule has 0 radical (unpaired) electrons. The van der Waals surface area contributed by atoms with Crippen LogP contribution in [0.25, 0.3) is 10.9 Å². The third-order valence-electron chi connectivity index (χ3n) is 3.96. The Labute approximate surface area is 132 Å². The number of nitrogens with one attached hydrogen (secondary N) is 1. The van der Waals surface area contributed by atoms with Gasteiger partial charge < -0.3 is 0 Å². The number of pyridine rings is 1. The Morgan fingerprint density at radius 3 is 2.95 bits per heavy atom. The maximum Gasteiger partial charge on any atom is 0.258 e. The van der Waals surface area contributed by atoms with Crippen molar-refractivity contribution in [3.63, 3.8) is 0 Å². The normalized spacial score (nSPS) is 13.8. The van der Waals surface area contributed by atoms with Gasteiger partial charge in [-0.15, -0.1) is 11.3 Å². The number of carbonyl (C=O) groups is 1. The second-order valence-corrected chi connectivity index (χ2v) is 6.51. The summed E-state index contributed by atoms with van der Waals surface area (Å²) in [6.45, 7) is 0.